The maximum Gasteiger partial charge on any atom is 0.280 e. The van der Waals surface area contributed by atoms with Crippen molar-refractivity contribution in [3.63, 3.8) is 0 Å². The third-order valence-electron chi connectivity index (χ3n) is 6.66. The van der Waals surface area contributed by atoms with Crippen LogP contribution in [0.15, 0.2) is 36.7 Å². The van der Waals surface area contributed by atoms with E-state index in [0.717, 1.165) is 11.1 Å². The Kier molecular flexibility index (Phi) is 5.02. The van der Waals surface area contributed by atoms with E-state index in [1.807, 2.05) is 13.0 Å². The predicted molar refractivity (Wildman–Crippen MR) is 127 cm³/mol. The standard InChI is InChI=1S/C24H22N8O4/c1-13-8-19-21(26-10-13)25-6-7-30(19)24(36)17-12-32(29-28-17)15-3-2-14-11-31(23(35)16(14)9-15)18-4-5-20(33)27-22(18)34/h2-3,8-10,12,18H,4-7,11H2,1H3,(H,25,26)(H,27,33,34). The molecule has 1 aromatic carbocycles. The minimum Gasteiger partial charge on any atom is -0.367 e. The molecule has 5 heterocycles. The number of carbonyl (C=O) groups is 4. The monoisotopic (exact) mass is 486 g/mol. The molecule has 2 aromatic heterocycles. The summed E-state index contributed by atoms with van der Waals surface area (Å²) < 4.78 is 1.45. The van der Waals surface area contributed by atoms with Crippen LogP contribution in [-0.4, -0.2) is 67.6 Å². The van der Waals surface area contributed by atoms with Crippen molar-refractivity contribution >= 4 is 35.1 Å². The van der Waals surface area contributed by atoms with E-state index in [1.54, 1.807) is 29.3 Å². The second-order valence-corrected chi connectivity index (χ2v) is 9.05. The molecule has 2 N–H and O–H groups in total. The number of pyridine rings is 1. The molecule has 12 heteroatoms. The molecule has 12 nitrogen and oxygen atoms in total. The number of nitrogens with zero attached hydrogens (tertiary/aromatic N) is 6. The molecule has 3 aliphatic rings. The zero-order chi connectivity index (χ0) is 25.0. The molecule has 3 aromatic rings. The van der Waals surface area contributed by atoms with Gasteiger partial charge in [0.25, 0.3) is 11.8 Å². The molecule has 1 atom stereocenters. The van der Waals surface area contributed by atoms with E-state index in [1.165, 1.54) is 15.8 Å². The first-order valence-electron chi connectivity index (χ1n) is 11.6. The second-order valence-electron chi connectivity index (χ2n) is 9.05. The Hall–Kier alpha value is -4.61. The van der Waals surface area contributed by atoms with Crippen LogP contribution < -0.4 is 15.5 Å². The number of aryl methyl sites for hydroxylation is 1. The van der Waals surface area contributed by atoms with Crippen molar-refractivity contribution in [2.75, 3.05) is 23.3 Å². The number of aromatic nitrogens is 4. The molecule has 6 rings (SSSR count). The van der Waals surface area contributed by atoms with Crippen LogP contribution in [0, 0.1) is 6.92 Å². The van der Waals surface area contributed by atoms with Crippen LogP contribution >= 0.6 is 0 Å². The van der Waals surface area contributed by atoms with Crippen LogP contribution in [0.25, 0.3) is 5.69 Å². The minimum atomic E-state index is -0.679. The summed E-state index contributed by atoms with van der Waals surface area (Å²) in [5, 5.41) is 13.7. The maximum absolute atomic E-state index is 13.3. The van der Waals surface area contributed by atoms with E-state index in [2.05, 4.69) is 25.9 Å². The van der Waals surface area contributed by atoms with Gasteiger partial charge in [0.05, 0.1) is 17.6 Å². The number of hydrogen-bond acceptors (Lipinski definition) is 8. The fourth-order valence-corrected chi connectivity index (χ4v) is 4.82. The lowest BCUT2D eigenvalue weighted by Gasteiger charge is -2.29. The lowest BCUT2D eigenvalue weighted by Crippen LogP contribution is -2.52. The van der Waals surface area contributed by atoms with E-state index in [-0.39, 0.29) is 36.4 Å². The van der Waals surface area contributed by atoms with E-state index >= 15 is 0 Å². The third-order valence-corrected chi connectivity index (χ3v) is 6.66. The fourth-order valence-electron chi connectivity index (χ4n) is 4.82. The van der Waals surface area contributed by atoms with E-state index < -0.39 is 11.9 Å². The summed E-state index contributed by atoms with van der Waals surface area (Å²) in [7, 11) is 0. The molecule has 0 aliphatic carbocycles. The van der Waals surface area contributed by atoms with Gasteiger partial charge in [-0.25, -0.2) is 9.67 Å². The van der Waals surface area contributed by atoms with E-state index in [4.69, 9.17) is 0 Å². The summed E-state index contributed by atoms with van der Waals surface area (Å²) in [5.41, 5.74) is 3.60. The highest BCUT2D eigenvalue weighted by Gasteiger charge is 2.39. The van der Waals surface area contributed by atoms with Crippen molar-refractivity contribution in [2.24, 2.45) is 0 Å². The van der Waals surface area contributed by atoms with Crippen LogP contribution in [0.3, 0.4) is 0 Å². The average Bonchev–Trinajstić information content (AvgIpc) is 3.48. The first-order chi connectivity index (χ1) is 17.4. The Morgan fingerprint density at radius 3 is 2.86 bits per heavy atom. The van der Waals surface area contributed by atoms with Gasteiger partial charge in [0.1, 0.15) is 11.9 Å². The largest absolute Gasteiger partial charge is 0.367 e. The van der Waals surface area contributed by atoms with Crippen LogP contribution in [0.5, 0.6) is 0 Å². The summed E-state index contributed by atoms with van der Waals surface area (Å²) in [6.07, 6.45) is 3.78. The average molecular weight is 486 g/mol. The van der Waals surface area contributed by atoms with Crippen molar-refractivity contribution in [1.29, 1.82) is 0 Å². The second kappa shape index (κ2) is 8.26. The van der Waals surface area contributed by atoms with E-state index in [0.29, 0.717) is 42.3 Å². The molecule has 1 saturated heterocycles. The zero-order valence-corrected chi connectivity index (χ0v) is 19.4. The molecule has 0 spiro atoms. The smallest absolute Gasteiger partial charge is 0.280 e. The van der Waals surface area contributed by atoms with Crippen molar-refractivity contribution < 1.29 is 19.2 Å². The number of imide groups is 1. The summed E-state index contributed by atoms with van der Waals surface area (Å²) in [5.74, 6) is -0.706. The highest BCUT2D eigenvalue weighted by molar-refractivity contribution is 6.07. The van der Waals surface area contributed by atoms with Gasteiger partial charge >= 0.3 is 0 Å². The Morgan fingerprint density at radius 1 is 1.17 bits per heavy atom. The van der Waals surface area contributed by atoms with E-state index in [9.17, 15) is 19.2 Å². The summed E-state index contributed by atoms with van der Waals surface area (Å²) in [6.45, 7) is 3.24. The van der Waals surface area contributed by atoms with Gasteiger partial charge in [0, 0.05) is 37.8 Å². The number of carbonyl (C=O) groups excluding carboxylic acids is 4. The summed E-state index contributed by atoms with van der Waals surface area (Å²) >= 11 is 0. The molecule has 0 saturated carbocycles. The van der Waals surface area contributed by atoms with Crippen molar-refractivity contribution in [1.82, 2.24) is 30.2 Å². The molecule has 1 fully saturated rings. The maximum atomic E-state index is 13.3. The van der Waals surface area contributed by atoms with Crippen LogP contribution in [0.2, 0.25) is 0 Å². The number of anilines is 2. The Balaban J connectivity index is 1.24. The quantitative estimate of drug-likeness (QED) is 0.518. The Morgan fingerprint density at radius 2 is 2.03 bits per heavy atom. The number of fused-ring (bicyclic) bond motifs is 2. The molecule has 4 amide bonds. The van der Waals surface area contributed by atoms with Gasteiger partial charge in [-0.1, -0.05) is 11.3 Å². The predicted octanol–water partition coefficient (Wildman–Crippen LogP) is 0.804. The molecular formula is C24H22N8O4. The first-order valence-corrected chi connectivity index (χ1v) is 11.6. The SMILES string of the molecule is Cc1cnc2c(c1)N(C(=O)c1cn(-c3ccc4c(c3)C(=O)N(C3CCC(=O)NC3=O)C4)nn1)CCN2. The van der Waals surface area contributed by atoms with Gasteiger partial charge in [-0.15, -0.1) is 5.10 Å². The Labute approximate surface area is 205 Å². The van der Waals surface area contributed by atoms with Crippen LogP contribution in [0.4, 0.5) is 11.5 Å². The number of amides is 4. The van der Waals surface area contributed by atoms with Crippen molar-refractivity contribution in [3.8, 4) is 5.69 Å². The number of benzene rings is 1. The number of nitrogens with one attached hydrogen (secondary N) is 2. The van der Waals surface area contributed by atoms with Crippen molar-refractivity contribution in [2.45, 2.75) is 32.4 Å². The van der Waals surface area contributed by atoms with Gasteiger partial charge in [0.2, 0.25) is 11.8 Å². The van der Waals surface area contributed by atoms with Crippen LogP contribution in [-0.2, 0) is 16.1 Å². The topological polar surface area (TPSA) is 142 Å². The normalized spacial score (nSPS) is 19.0. The lowest BCUT2D eigenvalue weighted by molar-refractivity contribution is -0.136. The molecule has 36 heavy (non-hydrogen) atoms. The Bertz CT molecular complexity index is 1450. The molecule has 3 aliphatic heterocycles. The van der Waals surface area contributed by atoms with Gasteiger partial charge in [-0.3, -0.25) is 24.5 Å². The minimum absolute atomic E-state index is 0.168. The number of piperidine rings is 1. The highest BCUT2D eigenvalue weighted by Crippen LogP contribution is 2.30. The first kappa shape index (κ1) is 21.9. The summed E-state index contributed by atoms with van der Waals surface area (Å²) in [4.78, 5) is 57.6. The van der Waals surface area contributed by atoms with Gasteiger partial charge < -0.3 is 15.1 Å². The lowest BCUT2D eigenvalue weighted by atomic mass is 10.0. The summed E-state index contributed by atoms with van der Waals surface area (Å²) in [6, 6.07) is 6.49. The third kappa shape index (κ3) is 3.58. The highest BCUT2D eigenvalue weighted by atomic mass is 16.2. The zero-order valence-electron chi connectivity index (χ0n) is 19.4. The number of hydrogen-bond donors (Lipinski definition) is 2. The fraction of sp³-hybridized carbons (Fsp3) is 0.292. The van der Waals surface area contributed by atoms with Gasteiger partial charge in [0.15, 0.2) is 5.69 Å². The van der Waals surface area contributed by atoms with Gasteiger partial charge in [-0.05, 0) is 42.7 Å². The molecule has 182 valence electrons. The molecule has 0 radical (unpaired) electrons. The molecule has 1 unspecified atom stereocenters. The van der Waals surface area contributed by atoms with Gasteiger partial charge in [-0.2, -0.15) is 0 Å². The molecular weight excluding hydrogens is 464 g/mol. The van der Waals surface area contributed by atoms with Crippen LogP contribution in [0.1, 0.15) is 44.8 Å². The molecule has 0 bridgehead atoms. The van der Waals surface area contributed by atoms with Crippen molar-refractivity contribution in [3.05, 3.63) is 59.0 Å². The number of rotatable bonds is 3.